The van der Waals surface area contributed by atoms with Gasteiger partial charge in [-0.3, -0.25) is 4.79 Å². The molecule has 1 N–H and O–H groups in total. The minimum atomic E-state index is -0.271. The Bertz CT molecular complexity index is 655. The summed E-state index contributed by atoms with van der Waals surface area (Å²) in [6, 6.07) is 8.40. The van der Waals surface area contributed by atoms with Crippen molar-refractivity contribution in [2.45, 2.75) is 26.7 Å². The van der Waals surface area contributed by atoms with Gasteiger partial charge in [0.2, 0.25) is 0 Å². The molecule has 0 aliphatic heterocycles. The molecule has 19 heavy (non-hydrogen) atoms. The molecule has 0 bridgehead atoms. The van der Waals surface area contributed by atoms with Crippen LogP contribution in [0.5, 0.6) is 0 Å². The first-order chi connectivity index (χ1) is 8.96. The number of carbonyl (C=O) groups is 1. The minimum Gasteiger partial charge on any atom is -0.358 e. The number of aromatic amines is 1. The molecule has 2 nitrogen and oxygen atoms in total. The maximum Gasteiger partial charge on any atom is 0.165 e. The number of Topliss-reactive ketones (excluding diaryl/α,β-unsaturated/α-hetero) is 1. The molecule has 98 valence electrons. The Morgan fingerprint density at radius 2 is 1.89 bits per heavy atom. The average molecular weight is 257 g/mol. The molecule has 1 aromatic carbocycles. The fourth-order valence-corrected chi connectivity index (χ4v) is 2.78. The summed E-state index contributed by atoms with van der Waals surface area (Å²) < 4.78 is 13.8. The molecule has 2 aromatic rings. The summed E-state index contributed by atoms with van der Waals surface area (Å²) in [6.07, 6.45) is 1.37. The average Bonchev–Trinajstić information content (AvgIpc) is 2.71. The number of fused-ring (bicyclic) bond motifs is 1. The molecule has 0 radical (unpaired) electrons. The highest BCUT2D eigenvalue weighted by molar-refractivity contribution is 6.00. The third-order valence-corrected chi connectivity index (χ3v) is 3.66. The van der Waals surface area contributed by atoms with Crippen LogP contribution in [0.15, 0.2) is 30.3 Å². The normalized spacial score (nSPS) is 17.3. The van der Waals surface area contributed by atoms with Crippen LogP contribution in [0.3, 0.4) is 0 Å². The molecular weight excluding hydrogens is 241 g/mol. The number of hydrogen-bond donors (Lipinski definition) is 1. The second-order valence-corrected chi connectivity index (χ2v) is 6.00. The summed E-state index contributed by atoms with van der Waals surface area (Å²) in [5.74, 6) is -0.127. The Morgan fingerprint density at radius 1 is 1.16 bits per heavy atom. The minimum absolute atomic E-state index is 0.0264. The zero-order valence-electron chi connectivity index (χ0n) is 11.1. The zero-order valence-corrected chi connectivity index (χ0v) is 11.1. The number of rotatable bonds is 1. The third-order valence-electron chi connectivity index (χ3n) is 3.66. The van der Waals surface area contributed by atoms with Gasteiger partial charge in [0.15, 0.2) is 5.78 Å². The smallest absolute Gasteiger partial charge is 0.165 e. The van der Waals surface area contributed by atoms with Crippen molar-refractivity contribution in [2.24, 2.45) is 5.41 Å². The zero-order chi connectivity index (χ0) is 13.6. The Kier molecular flexibility index (Phi) is 2.59. The second-order valence-electron chi connectivity index (χ2n) is 6.00. The monoisotopic (exact) mass is 257 g/mol. The summed E-state index contributed by atoms with van der Waals surface area (Å²) in [7, 11) is 0. The molecule has 0 fully saturated rings. The summed E-state index contributed by atoms with van der Waals surface area (Å²) in [5, 5.41) is 0. The number of H-pyrrole nitrogens is 1. The number of hydrogen-bond acceptors (Lipinski definition) is 1. The first-order valence-electron chi connectivity index (χ1n) is 6.46. The van der Waals surface area contributed by atoms with E-state index in [2.05, 4.69) is 18.8 Å². The van der Waals surface area contributed by atoms with E-state index in [1.165, 1.54) is 6.07 Å². The highest BCUT2D eigenvalue weighted by atomic mass is 19.1. The number of aromatic nitrogens is 1. The van der Waals surface area contributed by atoms with E-state index in [0.717, 1.165) is 17.7 Å². The van der Waals surface area contributed by atoms with Crippen molar-refractivity contribution in [3.8, 4) is 11.3 Å². The highest BCUT2D eigenvalue weighted by Gasteiger charge is 2.32. The molecule has 3 heteroatoms. The lowest BCUT2D eigenvalue weighted by Crippen LogP contribution is -2.26. The van der Waals surface area contributed by atoms with Gasteiger partial charge in [0.25, 0.3) is 0 Å². The van der Waals surface area contributed by atoms with Crippen LogP contribution in [0.4, 0.5) is 4.39 Å². The number of carbonyl (C=O) groups excluding carboxylic acids is 1. The van der Waals surface area contributed by atoms with Gasteiger partial charge in [0.1, 0.15) is 5.82 Å². The standard InChI is InChI=1S/C16H16FNO/c1-16(2)8-14-11(15(19)9-16)7-13(18-14)10-5-3-4-6-12(10)17/h3-7,18H,8-9H2,1-2H3. The van der Waals surface area contributed by atoms with E-state index in [-0.39, 0.29) is 17.0 Å². The van der Waals surface area contributed by atoms with Crippen molar-refractivity contribution in [1.82, 2.24) is 4.98 Å². The van der Waals surface area contributed by atoms with Crippen LogP contribution in [0, 0.1) is 11.2 Å². The number of nitrogens with one attached hydrogen (secondary N) is 1. The van der Waals surface area contributed by atoms with Gasteiger partial charge in [0, 0.05) is 28.9 Å². The SMILES string of the molecule is CC1(C)CC(=O)c2cc(-c3ccccc3F)[nH]c2C1. The van der Waals surface area contributed by atoms with Crippen LogP contribution in [-0.4, -0.2) is 10.8 Å². The molecule has 1 aliphatic rings. The van der Waals surface area contributed by atoms with Gasteiger partial charge < -0.3 is 4.98 Å². The quantitative estimate of drug-likeness (QED) is 0.823. The van der Waals surface area contributed by atoms with E-state index >= 15 is 0 Å². The fraction of sp³-hybridized carbons (Fsp3) is 0.312. The third kappa shape index (κ3) is 2.09. The molecule has 1 aromatic heterocycles. The Hall–Kier alpha value is -1.90. The van der Waals surface area contributed by atoms with Crippen LogP contribution < -0.4 is 0 Å². The van der Waals surface area contributed by atoms with Crippen LogP contribution in [0.25, 0.3) is 11.3 Å². The number of benzene rings is 1. The summed E-state index contributed by atoms with van der Waals surface area (Å²) >= 11 is 0. The molecule has 0 spiro atoms. The molecule has 0 saturated carbocycles. The fourth-order valence-electron chi connectivity index (χ4n) is 2.78. The highest BCUT2D eigenvalue weighted by Crippen LogP contribution is 2.36. The van der Waals surface area contributed by atoms with Crippen molar-refractivity contribution in [1.29, 1.82) is 0 Å². The summed E-state index contributed by atoms with van der Waals surface area (Å²) in [4.78, 5) is 15.3. The van der Waals surface area contributed by atoms with Crippen molar-refractivity contribution >= 4 is 5.78 Å². The van der Waals surface area contributed by atoms with E-state index in [9.17, 15) is 9.18 Å². The van der Waals surface area contributed by atoms with Gasteiger partial charge in [0.05, 0.1) is 0 Å². The Labute approximate surface area is 111 Å². The number of ketones is 1. The summed E-state index contributed by atoms with van der Waals surface area (Å²) in [5.41, 5.74) is 2.83. The largest absolute Gasteiger partial charge is 0.358 e. The molecule has 0 unspecified atom stereocenters. The van der Waals surface area contributed by atoms with Gasteiger partial charge >= 0.3 is 0 Å². The van der Waals surface area contributed by atoms with Gasteiger partial charge in [-0.15, -0.1) is 0 Å². The topological polar surface area (TPSA) is 32.9 Å². The van der Waals surface area contributed by atoms with Gasteiger partial charge in [-0.05, 0) is 30.0 Å². The van der Waals surface area contributed by atoms with E-state index in [1.807, 2.05) is 0 Å². The molecule has 1 heterocycles. The summed E-state index contributed by atoms with van der Waals surface area (Å²) in [6.45, 7) is 4.16. The van der Waals surface area contributed by atoms with Gasteiger partial charge in [-0.2, -0.15) is 0 Å². The van der Waals surface area contributed by atoms with Crippen molar-refractivity contribution < 1.29 is 9.18 Å². The maximum atomic E-state index is 13.8. The van der Waals surface area contributed by atoms with Crippen LogP contribution in [0.2, 0.25) is 0 Å². The predicted octanol–water partition coefficient (Wildman–Crippen LogP) is 3.98. The molecule has 0 atom stereocenters. The molecule has 0 amide bonds. The Balaban J connectivity index is 2.09. The van der Waals surface area contributed by atoms with E-state index < -0.39 is 0 Å². The van der Waals surface area contributed by atoms with Crippen molar-refractivity contribution in [3.63, 3.8) is 0 Å². The van der Waals surface area contributed by atoms with E-state index in [1.54, 1.807) is 24.3 Å². The van der Waals surface area contributed by atoms with E-state index in [4.69, 9.17) is 0 Å². The van der Waals surface area contributed by atoms with Crippen LogP contribution in [-0.2, 0) is 6.42 Å². The van der Waals surface area contributed by atoms with Gasteiger partial charge in [-0.1, -0.05) is 26.0 Å². The Morgan fingerprint density at radius 3 is 2.63 bits per heavy atom. The van der Waals surface area contributed by atoms with Crippen LogP contribution >= 0.6 is 0 Å². The number of halogens is 1. The lowest BCUT2D eigenvalue weighted by atomic mass is 9.76. The lowest BCUT2D eigenvalue weighted by Gasteiger charge is -2.27. The molecular formula is C16H16FNO. The van der Waals surface area contributed by atoms with Crippen molar-refractivity contribution in [2.75, 3.05) is 0 Å². The lowest BCUT2D eigenvalue weighted by molar-refractivity contribution is 0.0912. The van der Waals surface area contributed by atoms with Crippen LogP contribution in [0.1, 0.15) is 36.3 Å². The molecule has 3 rings (SSSR count). The maximum absolute atomic E-state index is 13.8. The molecule has 1 aliphatic carbocycles. The predicted molar refractivity (Wildman–Crippen MR) is 72.6 cm³/mol. The second kappa shape index (κ2) is 4.05. The van der Waals surface area contributed by atoms with Crippen molar-refractivity contribution in [3.05, 3.63) is 47.4 Å². The molecule has 0 saturated heterocycles. The first-order valence-corrected chi connectivity index (χ1v) is 6.46. The first kappa shape index (κ1) is 12.2. The van der Waals surface area contributed by atoms with E-state index in [0.29, 0.717) is 17.7 Å². The van der Waals surface area contributed by atoms with Gasteiger partial charge in [-0.25, -0.2) is 4.39 Å².